The van der Waals surface area contributed by atoms with Crippen molar-refractivity contribution in [3.05, 3.63) is 54.0 Å². The first-order valence-electron chi connectivity index (χ1n) is 10.3. The number of hydrogen-bond donors (Lipinski definition) is 2. The number of nitrogens with zero attached hydrogens (tertiary/aromatic N) is 3. The van der Waals surface area contributed by atoms with E-state index >= 15 is 0 Å². The van der Waals surface area contributed by atoms with E-state index in [2.05, 4.69) is 20.6 Å². The number of carbonyl (C=O) groups is 1. The maximum absolute atomic E-state index is 13.3. The van der Waals surface area contributed by atoms with Gasteiger partial charge < -0.3 is 20.3 Å². The van der Waals surface area contributed by atoms with Crippen LogP contribution >= 0.6 is 0 Å². The number of amides is 1. The van der Waals surface area contributed by atoms with Crippen LogP contribution in [0, 0.1) is 5.82 Å². The molecule has 1 amide bonds. The van der Waals surface area contributed by atoms with E-state index in [0.29, 0.717) is 37.1 Å². The third-order valence-corrected chi connectivity index (χ3v) is 4.76. The monoisotopic (exact) mass is 413 g/mol. The highest BCUT2D eigenvalue weighted by Crippen LogP contribution is 2.20. The second-order valence-corrected chi connectivity index (χ2v) is 7.08. The van der Waals surface area contributed by atoms with Crippen LogP contribution in [0.25, 0.3) is 0 Å². The Balaban J connectivity index is 1.56. The lowest BCUT2D eigenvalue weighted by atomic mass is 10.2. The number of guanidine groups is 1. The molecule has 0 aliphatic carbocycles. The van der Waals surface area contributed by atoms with Crippen molar-refractivity contribution in [2.45, 2.75) is 39.3 Å². The number of carbonyl (C=O) groups excluding carboxylic acids is 1. The van der Waals surface area contributed by atoms with Gasteiger partial charge in [-0.05, 0) is 31.0 Å². The van der Waals surface area contributed by atoms with Crippen LogP contribution in [-0.2, 0) is 11.3 Å². The number of nitrogens with one attached hydrogen (secondary N) is 2. The molecule has 2 N–H and O–H groups in total. The van der Waals surface area contributed by atoms with E-state index in [1.807, 2.05) is 24.8 Å². The second kappa shape index (κ2) is 10.6. The maximum atomic E-state index is 13.3. The molecule has 0 spiro atoms. The van der Waals surface area contributed by atoms with Crippen LogP contribution in [0.3, 0.4) is 0 Å². The summed E-state index contributed by atoms with van der Waals surface area (Å²) in [6, 6.07) is 9.75. The lowest BCUT2D eigenvalue weighted by molar-refractivity contribution is -0.129. The van der Waals surface area contributed by atoms with Gasteiger partial charge in [-0.2, -0.15) is 0 Å². The number of pyridine rings is 1. The van der Waals surface area contributed by atoms with Crippen LogP contribution in [0.15, 0.2) is 47.6 Å². The Kier molecular flexibility index (Phi) is 7.59. The Bertz CT molecular complexity index is 872. The van der Waals surface area contributed by atoms with Crippen molar-refractivity contribution in [3.63, 3.8) is 0 Å². The van der Waals surface area contributed by atoms with Gasteiger partial charge in [0.1, 0.15) is 11.6 Å². The fourth-order valence-electron chi connectivity index (χ4n) is 3.23. The average Bonchev–Trinajstić information content (AvgIpc) is 3.21. The highest BCUT2D eigenvalue weighted by molar-refractivity contribution is 5.80. The Morgan fingerprint density at radius 3 is 2.90 bits per heavy atom. The smallest absolute Gasteiger partial charge is 0.222 e. The molecular formula is C22H28FN5O2. The number of rotatable bonds is 7. The minimum atomic E-state index is -0.355. The molecule has 2 aromatic rings. The molecule has 30 heavy (non-hydrogen) atoms. The van der Waals surface area contributed by atoms with Gasteiger partial charge in [-0.25, -0.2) is 14.4 Å². The molecule has 1 unspecified atom stereocenters. The van der Waals surface area contributed by atoms with E-state index in [0.717, 1.165) is 25.1 Å². The van der Waals surface area contributed by atoms with E-state index in [-0.39, 0.29) is 17.8 Å². The largest absolute Gasteiger partial charge is 0.439 e. The molecule has 2 heterocycles. The van der Waals surface area contributed by atoms with Gasteiger partial charge in [0.25, 0.3) is 0 Å². The zero-order valence-electron chi connectivity index (χ0n) is 17.4. The molecule has 3 rings (SSSR count). The van der Waals surface area contributed by atoms with E-state index in [9.17, 15) is 9.18 Å². The molecule has 1 atom stereocenters. The molecule has 7 nitrogen and oxygen atoms in total. The minimum Gasteiger partial charge on any atom is -0.439 e. The maximum Gasteiger partial charge on any atom is 0.222 e. The van der Waals surface area contributed by atoms with E-state index in [1.165, 1.54) is 12.1 Å². The fraction of sp³-hybridized carbons (Fsp3) is 0.409. The summed E-state index contributed by atoms with van der Waals surface area (Å²) in [5, 5.41) is 6.65. The molecule has 0 radical (unpaired) electrons. The van der Waals surface area contributed by atoms with Gasteiger partial charge in [-0.15, -0.1) is 0 Å². The summed E-state index contributed by atoms with van der Waals surface area (Å²) in [6.07, 6.45) is 3.13. The molecular weight excluding hydrogens is 385 g/mol. The molecule has 160 valence electrons. The standard InChI is InChI=1S/C22H28FN5O2/c1-3-21(29)28-11-10-18(15-28)27-22(24-4-2)26-14-16-8-9-20(25-13-16)30-19-7-5-6-17(23)12-19/h5-9,12-13,18H,3-4,10-11,14-15H2,1-2H3,(H2,24,26,27). The SMILES string of the molecule is CCNC(=NCc1ccc(Oc2cccc(F)c2)nc1)NC1CCN(C(=O)CC)C1. The van der Waals surface area contributed by atoms with Gasteiger partial charge in [0, 0.05) is 50.4 Å². The number of hydrogen-bond acceptors (Lipinski definition) is 4. The predicted octanol–water partition coefficient (Wildman–Crippen LogP) is 3.08. The van der Waals surface area contributed by atoms with E-state index < -0.39 is 0 Å². The molecule has 0 saturated carbocycles. The van der Waals surface area contributed by atoms with Crippen LogP contribution in [0.2, 0.25) is 0 Å². The fourth-order valence-corrected chi connectivity index (χ4v) is 3.23. The molecule has 8 heteroatoms. The number of ether oxygens (including phenoxy) is 1. The van der Waals surface area contributed by atoms with Gasteiger partial charge in [-0.3, -0.25) is 4.79 Å². The summed E-state index contributed by atoms with van der Waals surface area (Å²) in [5.41, 5.74) is 0.924. The van der Waals surface area contributed by atoms with Crippen molar-refractivity contribution in [2.75, 3.05) is 19.6 Å². The van der Waals surface area contributed by atoms with Crippen LogP contribution in [0.5, 0.6) is 11.6 Å². The summed E-state index contributed by atoms with van der Waals surface area (Å²) in [6.45, 7) is 6.57. The minimum absolute atomic E-state index is 0.188. The number of likely N-dealkylation sites (tertiary alicyclic amines) is 1. The summed E-state index contributed by atoms with van der Waals surface area (Å²) >= 11 is 0. The first-order valence-corrected chi connectivity index (χ1v) is 10.3. The molecule has 0 bridgehead atoms. The van der Waals surface area contributed by atoms with E-state index in [1.54, 1.807) is 24.4 Å². The van der Waals surface area contributed by atoms with Crippen LogP contribution in [-0.4, -0.2) is 47.4 Å². The molecule has 1 aromatic heterocycles. The van der Waals surface area contributed by atoms with Crippen molar-refractivity contribution >= 4 is 11.9 Å². The Morgan fingerprint density at radius 1 is 1.33 bits per heavy atom. The zero-order chi connectivity index (χ0) is 21.3. The first kappa shape index (κ1) is 21.5. The van der Waals surface area contributed by atoms with Crippen molar-refractivity contribution in [3.8, 4) is 11.6 Å². The number of benzene rings is 1. The Hall–Kier alpha value is -3.16. The number of aromatic nitrogens is 1. The molecule has 1 aromatic carbocycles. The van der Waals surface area contributed by atoms with Crippen LogP contribution < -0.4 is 15.4 Å². The average molecular weight is 413 g/mol. The molecule has 1 aliphatic rings. The predicted molar refractivity (Wildman–Crippen MR) is 114 cm³/mol. The van der Waals surface area contributed by atoms with Crippen molar-refractivity contribution in [1.82, 2.24) is 20.5 Å². The van der Waals surface area contributed by atoms with Gasteiger partial charge in [0.2, 0.25) is 11.8 Å². The van der Waals surface area contributed by atoms with E-state index in [4.69, 9.17) is 4.74 Å². The number of halogens is 1. The van der Waals surface area contributed by atoms with Gasteiger partial charge in [0.05, 0.1) is 6.54 Å². The van der Waals surface area contributed by atoms with Gasteiger partial charge in [0.15, 0.2) is 5.96 Å². The normalized spacial score (nSPS) is 16.4. The lowest BCUT2D eigenvalue weighted by Crippen LogP contribution is -2.45. The van der Waals surface area contributed by atoms with Crippen molar-refractivity contribution in [2.24, 2.45) is 4.99 Å². The summed E-state index contributed by atoms with van der Waals surface area (Å²) < 4.78 is 18.8. The molecule has 1 fully saturated rings. The van der Waals surface area contributed by atoms with Crippen LogP contribution in [0.1, 0.15) is 32.3 Å². The Labute approximate surface area is 176 Å². The highest BCUT2D eigenvalue weighted by atomic mass is 19.1. The first-order chi connectivity index (χ1) is 14.6. The Morgan fingerprint density at radius 2 is 2.20 bits per heavy atom. The highest BCUT2D eigenvalue weighted by Gasteiger charge is 2.25. The van der Waals surface area contributed by atoms with Gasteiger partial charge >= 0.3 is 0 Å². The summed E-state index contributed by atoms with van der Waals surface area (Å²) in [7, 11) is 0. The second-order valence-electron chi connectivity index (χ2n) is 7.08. The topological polar surface area (TPSA) is 78.9 Å². The summed E-state index contributed by atoms with van der Waals surface area (Å²) in [5.74, 6) is 1.34. The van der Waals surface area contributed by atoms with Crippen LogP contribution in [0.4, 0.5) is 4.39 Å². The van der Waals surface area contributed by atoms with Crippen molar-refractivity contribution in [1.29, 1.82) is 0 Å². The third-order valence-electron chi connectivity index (χ3n) is 4.76. The molecule has 1 aliphatic heterocycles. The summed E-state index contributed by atoms with van der Waals surface area (Å²) in [4.78, 5) is 22.6. The number of aliphatic imine (C=N–C) groups is 1. The molecule has 1 saturated heterocycles. The van der Waals surface area contributed by atoms with Gasteiger partial charge in [-0.1, -0.05) is 19.1 Å². The quantitative estimate of drug-likeness (QED) is 0.539. The van der Waals surface area contributed by atoms with Crippen molar-refractivity contribution < 1.29 is 13.9 Å². The third kappa shape index (κ3) is 6.17. The lowest BCUT2D eigenvalue weighted by Gasteiger charge is -2.18. The zero-order valence-corrected chi connectivity index (χ0v) is 17.4.